The van der Waals surface area contributed by atoms with Crippen LogP contribution in [0.4, 0.5) is 0 Å². The van der Waals surface area contributed by atoms with Gasteiger partial charge in [-0.25, -0.2) is 0 Å². The van der Waals surface area contributed by atoms with E-state index in [1.807, 2.05) is 36.4 Å². The van der Waals surface area contributed by atoms with E-state index in [4.69, 9.17) is 4.74 Å². The Hall–Kier alpha value is -3.02. The van der Waals surface area contributed by atoms with Gasteiger partial charge < -0.3 is 19.8 Å². The number of benzene rings is 3. The Morgan fingerprint density at radius 3 is 2.27 bits per heavy atom. The number of thiophene rings is 1. The molecule has 2 N–H and O–H groups in total. The van der Waals surface area contributed by atoms with Crippen molar-refractivity contribution in [3.8, 4) is 27.7 Å². The van der Waals surface area contributed by atoms with Crippen LogP contribution in [0.3, 0.4) is 0 Å². The number of nitrogens with zero attached hydrogens (tertiary/aromatic N) is 1. The molecule has 1 heterocycles. The van der Waals surface area contributed by atoms with Crippen LogP contribution in [-0.2, 0) is 6.42 Å². The summed E-state index contributed by atoms with van der Waals surface area (Å²) >= 11 is 1.67. The van der Waals surface area contributed by atoms with Crippen molar-refractivity contribution in [3.63, 3.8) is 0 Å². The molecule has 4 rings (SSSR count). The first-order valence-corrected chi connectivity index (χ1v) is 12.4. The van der Waals surface area contributed by atoms with Crippen LogP contribution >= 0.6 is 11.3 Å². The molecule has 0 radical (unpaired) electrons. The standard InChI is InChI=1S/C28H31NO3S/c1-3-15-29(4-2)16-17-32-24-12-5-20(6-13-24)18-26-25-14-11-23(31)19-27(25)33-28(26)21-7-9-22(30)10-8-21/h5-14,19,30-31H,3-4,15-18H2,1-2H3. The number of aromatic hydroxyl groups is 2. The summed E-state index contributed by atoms with van der Waals surface area (Å²) in [6, 6.07) is 21.2. The normalized spacial score (nSPS) is 11.4. The molecular weight excluding hydrogens is 430 g/mol. The minimum Gasteiger partial charge on any atom is -0.508 e. The monoisotopic (exact) mass is 461 g/mol. The molecule has 0 saturated carbocycles. The SMILES string of the molecule is CCCN(CC)CCOc1ccc(Cc2c(-c3ccc(O)cc3)sc3cc(O)ccc23)cc1. The molecule has 33 heavy (non-hydrogen) atoms. The zero-order chi connectivity index (χ0) is 23.2. The van der Waals surface area contributed by atoms with Gasteiger partial charge in [0, 0.05) is 16.1 Å². The van der Waals surface area contributed by atoms with Gasteiger partial charge in [0.15, 0.2) is 0 Å². The lowest BCUT2D eigenvalue weighted by Gasteiger charge is -2.19. The fourth-order valence-electron chi connectivity index (χ4n) is 4.10. The van der Waals surface area contributed by atoms with Crippen LogP contribution in [0.5, 0.6) is 17.2 Å². The van der Waals surface area contributed by atoms with Crippen LogP contribution in [0.1, 0.15) is 31.4 Å². The van der Waals surface area contributed by atoms with Gasteiger partial charge in [0.25, 0.3) is 0 Å². The summed E-state index contributed by atoms with van der Waals surface area (Å²) in [5.74, 6) is 1.42. The van der Waals surface area contributed by atoms with E-state index >= 15 is 0 Å². The Morgan fingerprint density at radius 2 is 1.58 bits per heavy atom. The minimum absolute atomic E-state index is 0.256. The van der Waals surface area contributed by atoms with Crippen molar-refractivity contribution in [2.75, 3.05) is 26.2 Å². The van der Waals surface area contributed by atoms with Crippen LogP contribution in [0.2, 0.25) is 0 Å². The van der Waals surface area contributed by atoms with E-state index in [0.29, 0.717) is 6.61 Å². The third-order valence-electron chi connectivity index (χ3n) is 5.87. The molecule has 0 amide bonds. The van der Waals surface area contributed by atoms with Gasteiger partial charge in [0.2, 0.25) is 0 Å². The zero-order valence-electron chi connectivity index (χ0n) is 19.3. The summed E-state index contributed by atoms with van der Waals surface area (Å²) < 4.78 is 7.03. The van der Waals surface area contributed by atoms with E-state index in [2.05, 4.69) is 30.9 Å². The molecule has 0 bridgehead atoms. The lowest BCUT2D eigenvalue weighted by molar-refractivity contribution is 0.216. The summed E-state index contributed by atoms with van der Waals surface area (Å²) in [6.07, 6.45) is 1.94. The molecule has 0 aliphatic carbocycles. The van der Waals surface area contributed by atoms with Gasteiger partial charge in [0.1, 0.15) is 23.9 Å². The van der Waals surface area contributed by atoms with Gasteiger partial charge in [-0.2, -0.15) is 0 Å². The summed E-state index contributed by atoms with van der Waals surface area (Å²) in [5, 5.41) is 20.8. The lowest BCUT2D eigenvalue weighted by Crippen LogP contribution is -2.28. The second kappa shape index (κ2) is 10.7. The molecule has 172 valence electrons. The second-order valence-electron chi connectivity index (χ2n) is 8.24. The Kier molecular flexibility index (Phi) is 7.53. The molecule has 0 spiro atoms. The van der Waals surface area contributed by atoms with E-state index in [1.165, 1.54) is 11.1 Å². The molecule has 4 aromatic rings. The first-order chi connectivity index (χ1) is 16.1. The van der Waals surface area contributed by atoms with E-state index in [1.54, 1.807) is 29.5 Å². The average Bonchev–Trinajstić information content (AvgIpc) is 3.17. The average molecular weight is 462 g/mol. The van der Waals surface area contributed by atoms with Crippen LogP contribution in [0, 0.1) is 0 Å². The van der Waals surface area contributed by atoms with Crippen molar-refractivity contribution < 1.29 is 14.9 Å². The summed E-state index contributed by atoms with van der Waals surface area (Å²) in [5.41, 5.74) is 3.50. The molecule has 4 nitrogen and oxygen atoms in total. The molecule has 0 atom stereocenters. The number of phenolic OH excluding ortho intramolecular Hbond substituents is 2. The van der Waals surface area contributed by atoms with Crippen molar-refractivity contribution >= 4 is 21.4 Å². The number of ether oxygens (including phenoxy) is 1. The van der Waals surface area contributed by atoms with Gasteiger partial charge in [-0.1, -0.05) is 26.0 Å². The number of phenols is 2. The smallest absolute Gasteiger partial charge is 0.119 e. The first kappa shape index (κ1) is 23.1. The number of hydrogen-bond donors (Lipinski definition) is 2. The molecule has 0 aliphatic rings. The van der Waals surface area contributed by atoms with Crippen LogP contribution in [-0.4, -0.2) is 41.4 Å². The number of rotatable bonds is 10. The fourth-order valence-corrected chi connectivity index (χ4v) is 5.36. The molecule has 0 fully saturated rings. The Balaban J connectivity index is 1.53. The quantitative estimate of drug-likeness (QED) is 0.277. The van der Waals surface area contributed by atoms with Crippen LogP contribution in [0.15, 0.2) is 66.7 Å². The van der Waals surface area contributed by atoms with Gasteiger partial charge >= 0.3 is 0 Å². The summed E-state index contributed by atoms with van der Waals surface area (Å²) in [4.78, 5) is 3.56. The fraction of sp³-hybridized carbons (Fsp3) is 0.286. The minimum atomic E-state index is 0.256. The first-order valence-electron chi connectivity index (χ1n) is 11.5. The van der Waals surface area contributed by atoms with Gasteiger partial charge in [-0.05, 0) is 103 Å². The highest BCUT2D eigenvalue weighted by atomic mass is 32.1. The van der Waals surface area contributed by atoms with Gasteiger partial charge in [0.05, 0.1) is 0 Å². The topological polar surface area (TPSA) is 52.9 Å². The van der Waals surface area contributed by atoms with Gasteiger partial charge in [-0.3, -0.25) is 0 Å². The molecule has 1 aromatic heterocycles. The third kappa shape index (κ3) is 5.67. The van der Waals surface area contributed by atoms with Crippen molar-refractivity contribution in [3.05, 3.63) is 77.9 Å². The Morgan fingerprint density at radius 1 is 0.848 bits per heavy atom. The lowest BCUT2D eigenvalue weighted by atomic mass is 9.99. The second-order valence-corrected chi connectivity index (χ2v) is 9.29. The number of likely N-dealkylation sites (N-methyl/N-ethyl adjacent to an activating group) is 1. The predicted octanol–water partition coefficient (Wildman–Crippen LogP) is 6.68. The maximum atomic E-state index is 9.97. The summed E-state index contributed by atoms with van der Waals surface area (Å²) in [7, 11) is 0. The zero-order valence-corrected chi connectivity index (χ0v) is 20.1. The molecular formula is C28H31NO3S. The van der Waals surface area contributed by atoms with Crippen molar-refractivity contribution in [2.45, 2.75) is 26.7 Å². The predicted molar refractivity (Wildman–Crippen MR) is 138 cm³/mol. The van der Waals surface area contributed by atoms with E-state index < -0.39 is 0 Å². The number of fused-ring (bicyclic) bond motifs is 1. The molecule has 5 heteroatoms. The van der Waals surface area contributed by atoms with E-state index in [0.717, 1.165) is 58.8 Å². The van der Waals surface area contributed by atoms with Crippen molar-refractivity contribution in [1.29, 1.82) is 0 Å². The highest BCUT2D eigenvalue weighted by Crippen LogP contribution is 2.41. The third-order valence-corrected chi connectivity index (χ3v) is 7.12. The molecule has 0 aliphatic heterocycles. The van der Waals surface area contributed by atoms with Crippen LogP contribution in [0.25, 0.3) is 20.5 Å². The molecule has 0 unspecified atom stereocenters. The molecule has 0 saturated heterocycles. The van der Waals surface area contributed by atoms with Crippen molar-refractivity contribution in [2.24, 2.45) is 0 Å². The largest absolute Gasteiger partial charge is 0.508 e. The number of hydrogen-bond acceptors (Lipinski definition) is 5. The molecule has 3 aromatic carbocycles. The highest BCUT2D eigenvalue weighted by molar-refractivity contribution is 7.22. The maximum Gasteiger partial charge on any atom is 0.119 e. The van der Waals surface area contributed by atoms with Crippen LogP contribution < -0.4 is 4.74 Å². The maximum absolute atomic E-state index is 9.97. The summed E-state index contributed by atoms with van der Waals surface area (Å²) in [6.45, 7) is 8.17. The van der Waals surface area contributed by atoms with E-state index in [9.17, 15) is 10.2 Å². The van der Waals surface area contributed by atoms with Gasteiger partial charge in [-0.15, -0.1) is 11.3 Å². The van der Waals surface area contributed by atoms with E-state index in [-0.39, 0.29) is 11.5 Å². The Bertz CT molecular complexity index is 1180. The highest BCUT2D eigenvalue weighted by Gasteiger charge is 2.15. The Labute approximate surface area is 199 Å². The van der Waals surface area contributed by atoms with Crippen molar-refractivity contribution in [1.82, 2.24) is 4.90 Å².